The molecule has 0 aliphatic carbocycles. The second kappa shape index (κ2) is 4.14. The van der Waals surface area contributed by atoms with Crippen molar-refractivity contribution in [3.05, 3.63) is 17.0 Å². The van der Waals surface area contributed by atoms with E-state index in [1.54, 1.807) is 0 Å². The summed E-state index contributed by atoms with van der Waals surface area (Å²) in [5.41, 5.74) is 7.93. The van der Waals surface area contributed by atoms with Crippen molar-refractivity contribution in [1.82, 2.24) is 15.1 Å². The van der Waals surface area contributed by atoms with Crippen LogP contribution in [0, 0.1) is 0 Å². The maximum absolute atomic E-state index is 11.4. The smallest absolute Gasteiger partial charge is 0.269 e. The van der Waals surface area contributed by atoms with Crippen LogP contribution in [-0.2, 0) is 6.54 Å². The SMILES string of the molecule is CC1NCc2c(C(N)=O)nn(C(C)C)c2C1C. The lowest BCUT2D eigenvalue weighted by Crippen LogP contribution is -2.37. The second-order valence-corrected chi connectivity index (χ2v) is 5.07. The summed E-state index contributed by atoms with van der Waals surface area (Å²) in [5.74, 6) is -0.106. The molecule has 94 valence electrons. The molecule has 3 N–H and O–H groups in total. The average molecular weight is 236 g/mol. The Bertz CT molecular complexity index is 450. The molecule has 2 atom stereocenters. The van der Waals surface area contributed by atoms with Crippen molar-refractivity contribution in [1.29, 1.82) is 0 Å². The summed E-state index contributed by atoms with van der Waals surface area (Å²) in [6.07, 6.45) is 0. The summed E-state index contributed by atoms with van der Waals surface area (Å²) in [4.78, 5) is 11.4. The minimum atomic E-state index is -0.441. The molecule has 0 saturated heterocycles. The number of amides is 1. The molecule has 2 heterocycles. The Balaban J connectivity index is 2.60. The number of primary amides is 1. The van der Waals surface area contributed by atoms with E-state index in [9.17, 15) is 4.79 Å². The van der Waals surface area contributed by atoms with Gasteiger partial charge in [-0.25, -0.2) is 0 Å². The van der Waals surface area contributed by atoms with Crippen LogP contribution in [0.3, 0.4) is 0 Å². The normalized spacial score (nSPS) is 23.8. The van der Waals surface area contributed by atoms with Crippen LogP contribution < -0.4 is 11.1 Å². The van der Waals surface area contributed by atoms with E-state index in [-0.39, 0.29) is 6.04 Å². The summed E-state index contributed by atoms with van der Waals surface area (Å²) in [7, 11) is 0. The highest BCUT2D eigenvalue weighted by atomic mass is 16.1. The lowest BCUT2D eigenvalue weighted by molar-refractivity contribution is 0.0993. The summed E-state index contributed by atoms with van der Waals surface area (Å²) >= 11 is 0. The monoisotopic (exact) mass is 236 g/mol. The Morgan fingerprint density at radius 2 is 2.18 bits per heavy atom. The molecule has 0 radical (unpaired) electrons. The van der Waals surface area contributed by atoms with Crippen LogP contribution in [0.15, 0.2) is 0 Å². The van der Waals surface area contributed by atoms with Crippen molar-refractivity contribution in [2.45, 2.75) is 52.2 Å². The molecule has 0 spiro atoms. The van der Waals surface area contributed by atoms with Gasteiger partial charge in [0.25, 0.3) is 5.91 Å². The Labute approximate surface area is 101 Å². The predicted octanol–water partition coefficient (Wildman–Crippen LogP) is 1.16. The van der Waals surface area contributed by atoms with Crippen LogP contribution in [-0.4, -0.2) is 21.7 Å². The molecule has 1 amide bonds. The number of nitrogens with one attached hydrogen (secondary N) is 1. The van der Waals surface area contributed by atoms with Gasteiger partial charge in [0.1, 0.15) is 0 Å². The standard InChI is InChI=1S/C12H20N4O/c1-6(2)16-11-7(3)8(4)14-5-9(11)10(15-16)12(13)17/h6-8,14H,5H2,1-4H3,(H2,13,17). The first-order chi connectivity index (χ1) is 7.93. The van der Waals surface area contributed by atoms with E-state index in [1.807, 2.05) is 4.68 Å². The van der Waals surface area contributed by atoms with E-state index in [0.29, 0.717) is 24.2 Å². The zero-order valence-corrected chi connectivity index (χ0v) is 10.8. The molecule has 2 rings (SSSR count). The maximum Gasteiger partial charge on any atom is 0.269 e. The van der Waals surface area contributed by atoms with Gasteiger partial charge in [-0.05, 0) is 20.8 Å². The molecule has 0 saturated carbocycles. The van der Waals surface area contributed by atoms with Gasteiger partial charge in [0.05, 0.1) is 0 Å². The highest BCUT2D eigenvalue weighted by Gasteiger charge is 2.31. The first kappa shape index (κ1) is 12.1. The third-order valence-corrected chi connectivity index (χ3v) is 3.55. The van der Waals surface area contributed by atoms with Crippen molar-refractivity contribution in [2.75, 3.05) is 0 Å². The van der Waals surface area contributed by atoms with Crippen LogP contribution in [0.2, 0.25) is 0 Å². The van der Waals surface area contributed by atoms with E-state index < -0.39 is 5.91 Å². The minimum Gasteiger partial charge on any atom is -0.364 e. The quantitative estimate of drug-likeness (QED) is 0.809. The van der Waals surface area contributed by atoms with Crippen molar-refractivity contribution < 1.29 is 4.79 Å². The molecule has 0 bridgehead atoms. The Morgan fingerprint density at radius 3 is 2.71 bits per heavy atom. The summed E-state index contributed by atoms with van der Waals surface area (Å²) < 4.78 is 1.94. The fourth-order valence-corrected chi connectivity index (χ4v) is 2.41. The third-order valence-electron chi connectivity index (χ3n) is 3.55. The molecule has 17 heavy (non-hydrogen) atoms. The molecule has 5 heteroatoms. The molecule has 5 nitrogen and oxygen atoms in total. The molecular weight excluding hydrogens is 216 g/mol. The number of hydrogen-bond donors (Lipinski definition) is 2. The highest BCUT2D eigenvalue weighted by molar-refractivity contribution is 5.92. The van der Waals surface area contributed by atoms with Crippen LogP contribution in [0.5, 0.6) is 0 Å². The topological polar surface area (TPSA) is 72.9 Å². The Hall–Kier alpha value is -1.36. The zero-order chi connectivity index (χ0) is 12.7. The predicted molar refractivity (Wildman–Crippen MR) is 65.8 cm³/mol. The fourth-order valence-electron chi connectivity index (χ4n) is 2.41. The van der Waals surface area contributed by atoms with Gasteiger partial charge in [0, 0.05) is 35.8 Å². The first-order valence-corrected chi connectivity index (χ1v) is 6.08. The van der Waals surface area contributed by atoms with Crippen LogP contribution in [0.4, 0.5) is 0 Å². The minimum absolute atomic E-state index is 0.240. The van der Waals surface area contributed by atoms with Crippen LogP contribution in [0.1, 0.15) is 61.4 Å². The van der Waals surface area contributed by atoms with Crippen molar-refractivity contribution >= 4 is 5.91 Å². The van der Waals surface area contributed by atoms with E-state index in [0.717, 1.165) is 11.3 Å². The molecule has 1 aromatic heterocycles. The zero-order valence-electron chi connectivity index (χ0n) is 10.8. The molecule has 0 aromatic carbocycles. The Morgan fingerprint density at radius 1 is 1.53 bits per heavy atom. The van der Waals surface area contributed by atoms with Crippen molar-refractivity contribution in [2.24, 2.45) is 5.73 Å². The van der Waals surface area contributed by atoms with Crippen molar-refractivity contribution in [3.8, 4) is 0 Å². The van der Waals surface area contributed by atoms with Gasteiger partial charge in [0.15, 0.2) is 5.69 Å². The van der Waals surface area contributed by atoms with Gasteiger partial charge in [0.2, 0.25) is 0 Å². The van der Waals surface area contributed by atoms with Crippen LogP contribution >= 0.6 is 0 Å². The lowest BCUT2D eigenvalue weighted by Gasteiger charge is -2.29. The van der Waals surface area contributed by atoms with E-state index in [1.165, 1.54) is 0 Å². The molecular formula is C12H20N4O. The summed E-state index contributed by atoms with van der Waals surface area (Å²) in [6.45, 7) is 9.11. The highest BCUT2D eigenvalue weighted by Crippen LogP contribution is 2.31. The van der Waals surface area contributed by atoms with E-state index in [4.69, 9.17) is 5.73 Å². The van der Waals surface area contributed by atoms with Crippen LogP contribution in [0.25, 0.3) is 0 Å². The van der Waals surface area contributed by atoms with Gasteiger partial charge in [-0.15, -0.1) is 0 Å². The second-order valence-electron chi connectivity index (χ2n) is 5.07. The van der Waals surface area contributed by atoms with E-state index >= 15 is 0 Å². The molecule has 1 aliphatic heterocycles. The third kappa shape index (κ3) is 1.84. The molecule has 0 fully saturated rings. The number of aromatic nitrogens is 2. The summed E-state index contributed by atoms with van der Waals surface area (Å²) in [6, 6.07) is 0.627. The maximum atomic E-state index is 11.4. The van der Waals surface area contributed by atoms with E-state index in [2.05, 4.69) is 38.1 Å². The number of nitrogens with two attached hydrogens (primary N) is 1. The largest absolute Gasteiger partial charge is 0.364 e. The number of rotatable bonds is 2. The first-order valence-electron chi connectivity index (χ1n) is 6.08. The number of hydrogen-bond acceptors (Lipinski definition) is 3. The van der Waals surface area contributed by atoms with Gasteiger partial charge in [-0.3, -0.25) is 9.48 Å². The van der Waals surface area contributed by atoms with Gasteiger partial charge >= 0.3 is 0 Å². The van der Waals surface area contributed by atoms with Crippen molar-refractivity contribution in [3.63, 3.8) is 0 Å². The lowest BCUT2D eigenvalue weighted by atomic mass is 9.91. The van der Waals surface area contributed by atoms with Gasteiger partial charge in [-0.1, -0.05) is 6.92 Å². The number of fused-ring (bicyclic) bond motifs is 1. The number of carbonyl (C=O) groups excluding carboxylic acids is 1. The Kier molecular flexibility index (Phi) is 2.95. The molecule has 1 aliphatic rings. The average Bonchev–Trinajstić information content (AvgIpc) is 2.63. The molecule has 2 unspecified atom stereocenters. The van der Waals surface area contributed by atoms with Gasteiger partial charge < -0.3 is 11.1 Å². The summed E-state index contributed by atoms with van der Waals surface area (Å²) in [5, 5.41) is 7.75. The molecule has 1 aromatic rings. The number of carbonyl (C=O) groups is 1. The fraction of sp³-hybridized carbons (Fsp3) is 0.667. The van der Waals surface area contributed by atoms with Gasteiger partial charge in [-0.2, -0.15) is 5.10 Å². The number of nitrogens with zero attached hydrogens (tertiary/aromatic N) is 2.